The van der Waals surface area contributed by atoms with Crippen LogP contribution >= 0.6 is 0 Å². The summed E-state index contributed by atoms with van der Waals surface area (Å²) in [5.74, 6) is 3.34. The lowest BCUT2D eigenvalue weighted by molar-refractivity contribution is 0.305. The second-order valence-corrected chi connectivity index (χ2v) is 8.65. The Bertz CT molecular complexity index is 915. The van der Waals surface area contributed by atoms with E-state index in [1.807, 2.05) is 55.5 Å². The quantitative estimate of drug-likeness (QED) is 0.206. The van der Waals surface area contributed by atoms with Crippen LogP contribution < -0.4 is 20.1 Å². The van der Waals surface area contributed by atoms with Gasteiger partial charge in [0.1, 0.15) is 17.3 Å². The smallest absolute Gasteiger partial charge is 0.232 e. The van der Waals surface area contributed by atoms with Gasteiger partial charge in [0.05, 0.1) is 13.2 Å². The molecule has 1 heterocycles. The summed E-state index contributed by atoms with van der Waals surface area (Å²) < 4.78 is 11.6. The van der Waals surface area contributed by atoms with Crippen molar-refractivity contribution in [3.8, 4) is 11.5 Å². The highest BCUT2D eigenvalue weighted by Gasteiger charge is 2.06. The van der Waals surface area contributed by atoms with Gasteiger partial charge in [-0.05, 0) is 68.3 Å². The SMILES string of the molecule is CCCCCCOc1ccc(Nc2nc(C)nc(Nc3ccc(OCCCCCC)cc3)n2)cc1. The number of hydrogen-bond donors (Lipinski definition) is 2. The third kappa shape index (κ3) is 9.81. The van der Waals surface area contributed by atoms with E-state index in [0.29, 0.717) is 17.7 Å². The molecule has 2 N–H and O–H groups in total. The number of rotatable bonds is 16. The molecule has 3 rings (SSSR count). The number of aryl methyl sites for hydroxylation is 1. The lowest BCUT2D eigenvalue weighted by Crippen LogP contribution is -2.05. The van der Waals surface area contributed by atoms with Gasteiger partial charge in [-0.3, -0.25) is 0 Å². The standard InChI is InChI=1S/C28H39N5O2/c1-4-6-8-10-20-34-25-16-12-23(13-17-25)31-27-29-22(3)30-28(33-27)32-24-14-18-26(19-15-24)35-21-11-9-7-5-2/h12-19H,4-11,20-21H2,1-3H3,(H2,29,30,31,32,33). The van der Waals surface area contributed by atoms with Crippen LogP contribution in [0.4, 0.5) is 23.3 Å². The van der Waals surface area contributed by atoms with Gasteiger partial charge in [0.15, 0.2) is 0 Å². The van der Waals surface area contributed by atoms with E-state index in [1.165, 1.54) is 38.5 Å². The zero-order valence-electron chi connectivity index (χ0n) is 21.3. The number of unbranched alkanes of at least 4 members (excludes halogenated alkanes) is 6. The third-order valence-corrected chi connectivity index (χ3v) is 5.50. The van der Waals surface area contributed by atoms with Crippen LogP contribution in [0.5, 0.6) is 11.5 Å². The summed E-state index contributed by atoms with van der Waals surface area (Å²) in [6.07, 6.45) is 9.57. The van der Waals surface area contributed by atoms with Gasteiger partial charge in [0, 0.05) is 11.4 Å². The van der Waals surface area contributed by atoms with Crippen molar-refractivity contribution >= 4 is 23.3 Å². The Morgan fingerprint density at radius 1 is 0.571 bits per heavy atom. The number of aromatic nitrogens is 3. The zero-order chi connectivity index (χ0) is 24.7. The summed E-state index contributed by atoms with van der Waals surface area (Å²) >= 11 is 0. The molecule has 0 saturated heterocycles. The lowest BCUT2D eigenvalue weighted by Gasteiger charge is -2.11. The summed E-state index contributed by atoms with van der Waals surface area (Å²) in [6.45, 7) is 7.77. The molecular formula is C28H39N5O2. The Labute approximate surface area is 209 Å². The molecule has 2 aromatic carbocycles. The molecule has 0 amide bonds. The average molecular weight is 478 g/mol. The molecule has 0 aliphatic heterocycles. The van der Waals surface area contributed by atoms with Gasteiger partial charge in [0.25, 0.3) is 0 Å². The molecule has 35 heavy (non-hydrogen) atoms. The molecule has 0 spiro atoms. The monoisotopic (exact) mass is 477 g/mol. The van der Waals surface area contributed by atoms with Gasteiger partial charge in [-0.2, -0.15) is 15.0 Å². The first-order valence-corrected chi connectivity index (χ1v) is 12.9. The summed E-state index contributed by atoms with van der Waals surface area (Å²) in [5.41, 5.74) is 1.78. The molecule has 0 aliphatic rings. The number of nitrogens with zero attached hydrogens (tertiary/aromatic N) is 3. The molecule has 0 fully saturated rings. The first-order valence-electron chi connectivity index (χ1n) is 12.9. The van der Waals surface area contributed by atoms with E-state index >= 15 is 0 Å². The van der Waals surface area contributed by atoms with Crippen LogP contribution in [0.15, 0.2) is 48.5 Å². The van der Waals surface area contributed by atoms with Crippen molar-refractivity contribution in [1.82, 2.24) is 15.0 Å². The number of benzene rings is 2. The Morgan fingerprint density at radius 3 is 1.40 bits per heavy atom. The molecule has 0 saturated carbocycles. The molecule has 0 bridgehead atoms. The minimum absolute atomic E-state index is 0.486. The minimum atomic E-state index is 0.486. The molecular weight excluding hydrogens is 438 g/mol. The predicted octanol–water partition coefficient (Wildman–Crippen LogP) is 7.59. The Kier molecular flexibility index (Phi) is 11.1. The van der Waals surface area contributed by atoms with Crippen molar-refractivity contribution < 1.29 is 9.47 Å². The fraction of sp³-hybridized carbons (Fsp3) is 0.464. The van der Waals surface area contributed by atoms with Crippen molar-refractivity contribution in [2.75, 3.05) is 23.8 Å². The zero-order valence-corrected chi connectivity index (χ0v) is 21.3. The van der Waals surface area contributed by atoms with Crippen LogP contribution in [-0.4, -0.2) is 28.2 Å². The molecule has 7 nitrogen and oxygen atoms in total. The van der Waals surface area contributed by atoms with Gasteiger partial charge in [-0.1, -0.05) is 52.4 Å². The number of ether oxygens (including phenoxy) is 2. The van der Waals surface area contributed by atoms with Crippen LogP contribution in [-0.2, 0) is 0 Å². The van der Waals surface area contributed by atoms with E-state index in [9.17, 15) is 0 Å². The summed E-state index contributed by atoms with van der Waals surface area (Å²) in [5, 5.41) is 6.50. The van der Waals surface area contributed by atoms with Gasteiger partial charge >= 0.3 is 0 Å². The minimum Gasteiger partial charge on any atom is -0.494 e. The van der Waals surface area contributed by atoms with Gasteiger partial charge in [-0.15, -0.1) is 0 Å². The van der Waals surface area contributed by atoms with Crippen molar-refractivity contribution in [1.29, 1.82) is 0 Å². The second kappa shape index (κ2) is 14.8. The molecule has 188 valence electrons. The summed E-state index contributed by atoms with van der Waals surface area (Å²) in [4.78, 5) is 13.3. The highest BCUT2D eigenvalue weighted by Crippen LogP contribution is 2.22. The molecule has 0 aliphatic carbocycles. The maximum atomic E-state index is 5.82. The molecule has 3 aromatic rings. The highest BCUT2D eigenvalue weighted by molar-refractivity contribution is 5.58. The van der Waals surface area contributed by atoms with Crippen LogP contribution in [0.3, 0.4) is 0 Å². The fourth-order valence-corrected chi connectivity index (χ4v) is 3.56. The molecule has 0 unspecified atom stereocenters. The lowest BCUT2D eigenvalue weighted by atomic mass is 10.2. The Morgan fingerprint density at radius 2 is 1.00 bits per heavy atom. The number of hydrogen-bond acceptors (Lipinski definition) is 7. The van der Waals surface area contributed by atoms with Gasteiger partial charge in [0.2, 0.25) is 11.9 Å². The molecule has 1 aromatic heterocycles. The molecule has 0 atom stereocenters. The first kappa shape index (κ1) is 26.3. The largest absolute Gasteiger partial charge is 0.494 e. The fourth-order valence-electron chi connectivity index (χ4n) is 3.56. The van der Waals surface area contributed by atoms with Gasteiger partial charge < -0.3 is 20.1 Å². The normalized spacial score (nSPS) is 10.7. The van der Waals surface area contributed by atoms with E-state index in [2.05, 4.69) is 39.4 Å². The second-order valence-electron chi connectivity index (χ2n) is 8.65. The van der Waals surface area contributed by atoms with E-state index in [4.69, 9.17) is 9.47 Å². The third-order valence-electron chi connectivity index (χ3n) is 5.50. The summed E-state index contributed by atoms with van der Waals surface area (Å²) in [7, 11) is 0. The van der Waals surface area contributed by atoms with Crippen LogP contribution in [0.25, 0.3) is 0 Å². The number of anilines is 4. The molecule has 7 heteroatoms. The van der Waals surface area contributed by atoms with E-state index < -0.39 is 0 Å². The maximum absolute atomic E-state index is 5.82. The van der Waals surface area contributed by atoms with Crippen LogP contribution in [0.2, 0.25) is 0 Å². The van der Waals surface area contributed by atoms with Crippen molar-refractivity contribution in [3.05, 3.63) is 54.4 Å². The van der Waals surface area contributed by atoms with Gasteiger partial charge in [-0.25, -0.2) is 0 Å². The van der Waals surface area contributed by atoms with Crippen molar-refractivity contribution in [2.45, 2.75) is 72.1 Å². The predicted molar refractivity (Wildman–Crippen MR) is 143 cm³/mol. The highest BCUT2D eigenvalue weighted by atomic mass is 16.5. The Hall–Kier alpha value is -3.35. The summed E-state index contributed by atoms with van der Waals surface area (Å²) in [6, 6.07) is 15.7. The van der Waals surface area contributed by atoms with E-state index in [-0.39, 0.29) is 0 Å². The topological polar surface area (TPSA) is 81.2 Å². The van der Waals surface area contributed by atoms with Crippen LogP contribution in [0.1, 0.15) is 71.0 Å². The van der Waals surface area contributed by atoms with E-state index in [0.717, 1.165) is 48.9 Å². The Balaban J connectivity index is 1.51. The number of nitrogens with one attached hydrogen (secondary N) is 2. The average Bonchev–Trinajstić information content (AvgIpc) is 2.85. The molecule has 0 radical (unpaired) electrons. The van der Waals surface area contributed by atoms with Crippen molar-refractivity contribution in [3.63, 3.8) is 0 Å². The van der Waals surface area contributed by atoms with Crippen molar-refractivity contribution in [2.24, 2.45) is 0 Å². The first-order chi connectivity index (χ1) is 17.2. The van der Waals surface area contributed by atoms with E-state index in [1.54, 1.807) is 0 Å². The maximum Gasteiger partial charge on any atom is 0.232 e. The van der Waals surface area contributed by atoms with Crippen LogP contribution in [0, 0.1) is 6.92 Å².